The Morgan fingerprint density at radius 1 is 1.07 bits per heavy atom. The number of fused-ring (bicyclic) bond motifs is 3. The molecule has 138 valence electrons. The Balaban J connectivity index is 1.67. The number of halogens is 1. The number of rotatable bonds is 3. The van der Waals surface area contributed by atoms with Crippen LogP contribution in [0.3, 0.4) is 0 Å². The number of aliphatic carboxylic acids is 1. The van der Waals surface area contributed by atoms with E-state index in [2.05, 4.69) is 0 Å². The highest BCUT2D eigenvalue weighted by atomic mass is 35.5. The van der Waals surface area contributed by atoms with Gasteiger partial charge in [-0.3, -0.25) is 4.79 Å². The monoisotopic (exact) mass is 383 g/mol. The van der Waals surface area contributed by atoms with Crippen LogP contribution in [0.2, 0.25) is 0 Å². The number of urea groups is 1. The number of carbonyl (C=O) groups is 2. The van der Waals surface area contributed by atoms with Crippen molar-refractivity contribution < 1.29 is 14.7 Å². The fourth-order valence-electron chi connectivity index (χ4n) is 3.67. The summed E-state index contributed by atoms with van der Waals surface area (Å²) in [5.74, 6) is -0.881. The van der Waals surface area contributed by atoms with Crippen LogP contribution < -0.4 is 4.42 Å². The lowest BCUT2D eigenvalue weighted by atomic mass is 10.0. The highest BCUT2D eigenvalue weighted by Gasteiger charge is 2.29. The van der Waals surface area contributed by atoms with Crippen molar-refractivity contribution in [2.75, 3.05) is 11.0 Å². The molecule has 2 amide bonds. The fourth-order valence-corrected chi connectivity index (χ4v) is 3.89. The van der Waals surface area contributed by atoms with Crippen molar-refractivity contribution in [2.24, 2.45) is 0 Å². The van der Waals surface area contributed by atoms with Gasteiger partial charge in [-0.1, -0.05) is 36.4 Å². The molecule has 0 radical (unpaired) electrons. The number of para-hydroxylation sites is 2. The summed E-state index contributed by atoms with van der Waals surface area (Å²) in [6.07, 6.45) is 0.586. The summed E-state index contributed by atoms with van der Waals surface area (Å²) in [5, 5.41) is 10.3. The Morgan fingerprint density at radius 3 is 2.52 bits per heavy atom. The third-order valence-electron chi connectivity index (χ3n) is 4.88. The van der Waals surface area contributed by atoms with E-state index in [0.717, 1.165) is 26.6 Å². The molecule has 0 atom stereocenters. The maximum atomic E-state index is 12.8. The van der Waals surface area contributed by atoms with Crippen molar-refractivity contribution in [3.05, 3.63) is 65.9 Å². The number of benzene rings is 2. The smallest absolute Gasteiger partial charge is 0.339 e. The molecule has 27 heavy (non-hydrogen) atoms. The van der Waals surface area contributed by atoms with Crippen LogP contribution in [0.1, 0.15) is 11.3 Å². The topological polar surface area (TPSA) is 65.8 Å². The summed E-state index contributed by atoms with van der Waals surface area (Å²) in [6.45, 7) is 0.796. The minimum atomic E-state index is -0.881. The van der Waals surface area contributed by atoms with Crippen LogP contribution in [0.25, 0.3) is 10.9 Å². The zero-order valence-corrected chi connectivity index (χ0v) is 15.3. The van der Waals surface area contributed by atoms with Crippen molar-refractivity contribution in [3.63, 3.8) is 0 Å². The van der Waals surface area contributed by atoms with Crippen LogP contribution >= 0.6 is 11.8 Å². The molecule has 0 spiro atoms. The van der Waals surface area contributed by atoms with E-state index < -0.39 is 5.97 Å². The minimum absolute atomic E-state index is 0.0879. The van der Waals surface area contributed by atoms with Crippen molar-refractivity contribution in [1.29, 1.82) is 0 Å². The second kappa shape index (κ2) is 6.96. The van der Waals surface area contributed by atoms with E-state index in [-0.39, 0.29) is 12.6 Å². The van der Waals surface area contributed by atoms with E-state index in [9.17, 15) is 14.7 Å². The quantitative estimate of drug-likeness (QED) is 0.698. The van der Waals surface area contributed by atoms with Gasteiger partial charge < -0.3 is 14.6 Å². The molecule has 4 rings (SSSR count). The number of carbonyl (C=O) groups excluding carboxylic acids is 1. The lowest BCUT2D eigenvalue weighted by Crippen LogP contribution is -2.42. The number of nitrogens with zero attached hydrogens (tertiary/aromatic N) is 3. The van der Waals surface area contributed by atoms with E-state index in [1.807, 2.05) is 47.0 Å². The number of hydrogen-bond acceptors (Lipinski definition) is 2. The van der Waals surface area contributed by atoms with Gasteiger partial charge in [0.1, 0.15) is 6.54 Å². The van der Waals surface area contributed by atoms with Crippen molar-refractivity contribution in [1.82, 2.24) is 9.47 Å². The Bertz CT molecular complexity index is 1020. The number of carboxylic acid groups (broad SMARTS) is 1. The number of anilines is 1. The number of amides is 2. The lowest BCUT2D eigenvalue weighted by molar-refractivity contribution is -0.137. The van der Waals surface area contributed by atoms with Crippen molar-refractivity contribution >= 4 is 40.4 Å². The molecule has 1 aromatic heterocycles. The zero-order valence-electron chi connectivity index (χ0n) is 14.5. The number of hydrogen-bond donors (Lipinski definition) is 1. The molecule has 3 aromatic rings. The Kier molecular flexibility index (Phi) is 4.49. The molecule has 1 aliphatic heterocycles. The molecule has 6 nitrogen and oxygen atoms in total. The molecule has 0 saturated carbocycles. The van der Waals surface area contributed by atoms with Gasteiger partial charge in [0.2, 0.25) is 0 Å². The van der Waals surface area contributed by atoms with Gasteiger partial charge in [-0.2, -0.15) is 0 Å². The summed E-state index contributed by atoms with van der Waals surface area (Å²) in [7, 11) is 0. The average Bonchev–Trinajstić information content (AvgIpc) is 3.00. The average molecular weight is 384 g/mol. The van der Waals surface area contributed by atoms with Gasteiger partial charge in [-0.25, -0.2) is 9.21 Å². The second-order valence-corrected chi connectivity index (χ2v) is 6.83. The van der Waals surface area contributed by atoms with E-state index in [4.69, 9.17) is 11.8 Å². The predicted molar refractivity (Wildman–Crippen MR) is 104 cm³/mol. The first kappa shape index (κ1) is 17.4. The maximum absolute atomic E-state index is 12.8. The molecule has 0 unspecified atom stereocenters. The zero-order chi connectivity index (χ0) is 19.0. The van der Waals surface area contributed by atoms with Crippen LogP contribution in [0, 0.1) is 0 Å². The third kappa shape index (κ3) is 3.13. The lowest BCUT2D eigenvalue weighted by Gasteiger charge is -2.30. The molecule has 0 saturated heterocycles. The first-order valence-electron chi connectivity index (χ1n) is 8.67. The SMILES string of the molecule is O=C(O)Cn1c2c(c3ccccc31)CN(C(=O)N(Cl)c1ccccc1)CC2. The third-order valence-corrected chi connectivity index (χ3v) is 5.22. The van der Waals surface area contributed by atoms with Gasteiger partial charge in [0.25, 0.3) is 0 Å². The van der Waals surface area contributed by atoms with E-state index in [1.54, 1.807) is 17.0 Å². The summed E-state index contributed by atoms with van der Waals surface area (Å²) < 4.78 is 2.96. The first-order valence-corrected chi connectivity index (χ1v) is 9.00. The molecule has 7 heteroatoms. The van der Waals surface area contributed by atoms with Crippen LogP contribution in [-0.2, 0) is 24.3 Å². The molecule has 0 bridgehead atoms. The van der Waals surface area contributed by atoms with Crippen LogP contribution in [0.5, 0.6) is 0 Å². The molecule has 0 fully saturated rings. The number of aromatic nitrogens is 1. The van der Waals surface area contributed by atoms with Crippen molar-refractivity contribution in [2.45, 2.75) is 19.5 Å². The van der Waals surface area contributed by atoms with Crippen LogP contribution in [0.15, 0.2) is 54.6 Å². The van der Waals surface area contributed by atoms with E-state index >= 15 is 0 Å². The summed E-state index contributed by atoms with van der Waals surface area (Å²) >= 11 is 6.27. The fraction of sp³-hybridized carbons (Fsp3) is 0.200. The standard InChI is InChI=1S/C20H18ClN3O3/c21-24(14-6-2-1-3-7-14)20(27)22-11-10-18-16(12-22)15-8-4-5-9-17(15)23(18)13-19(25)26/h1-9H,10-13H2,(H,25,26). The molecule has 2 heterocycles. The Hall–Kier alpha value is -2.99. The second-order valence-electron chi connectivity index (χ2n) is 6.49. The van der Waals surface area contributed by atoms with Gasteiger partial charge in [0.15, 0.2) is 0 Å². The summed E-state index contributed by atoms with van der Waals surface area (Å²) in [4.78, 5) is 25.8. The molecule has 0 aliphatic carbocycles. The van der Waals surface area contributed by atoms with Gasteiger partial charge in [-0.05, 0) is 18.2 Å². The highest BCUT2D eigenvalue weighted by molar-refractivity contribution is 6.36. The van der Waals surface area contributed by atoms with Gasteiger partial charge in [0.05, 0.1) is 5.69 Å². The molecule has 1 aliphatic rings. The molecule has 2 aromatic carbocycles. The Morgan fingerprint density at radius 2 is 1.78 bits per heavy atom. The van der Waals surface area contributed by atoms with Gasteiger partial charge >= 0.3 is 12.0 Å². The van der Waals surface area contributed by atoms with Crippen LogP contribution in [-0.4, -0.2) is 33.1 Å². The predicted octanol–water partition coefficient (Wildman–Crippen LogP) is 3.86. The molecule has 1 N–H and O–H groups in total. The Labute approximate surface area is 161 Å². The molecular weight excluding hydrogens is 366 g/mol. The maximum Gasteiger partial charge on any atom is 0.339 e. The largest absolute Gasteiger partial charge is 0.480 e. The first-order chi connectivity index (χ1) is 13.1. The van der Waals surface area contributed by atoms with Gasteiger partial charge in [0, 0.05) is 53.4 Å². The summed E-state index contributed by atoms with van der Waals surface area (Å²) in [5.41, 5.74) is 3.46. The van der Waals surface area contributed by atoms with Crippen LogP contribution in [0.4, 0.5) is 10.5 Å². The summed E-state index contributed by atoms with van der Waals surface area (Å²) in [6, 6.07) is 16.5. The minimum Gasteiger partial charge on any atom is -0.480 e. The molecular formula is C20H18ClN3O3. The number of carboxylic acids is 1. The van der Waals surface area contributed by atoms with Gasteiger partial charge in [-0.15, -0.1) is 0 Å². The van der Waals surface area contributed by atoms with E-state index in [1.165, 1.54) is 0 Å². The van der Waals surface area contributed by atoms with Crippen molar-refractivity contribution in [3.8, 4) is 0 Å². The van der Waals surface area contributed by atoms with E-state index in [0.29, 0.717) is 25.2 Å². The normalized spacial score (nSPS) is 13.4. The highest BCUT2D eigenvalue weighted by Crippen LogP contribution is 2.32.